The Labute approximate surface area is 113 Å². The summed E-state index contributed by atoms with van der Waals surface area (Å²) in [6, 6.07) is 8.10. The van der Waals surface area contributed by atoms with E-state index in [-0.39, 0.29) is 25.4 Å². The van der Waals surface area contributed by atoms with Gasteiger partial charge in [-0.05, 0) is 11.1 Å². The molecule has 3 atom stereocenters. The Morgan fingerprint density at radius 2 is 2.11 bits per heavy atom. The van der Waals surface area contributed by atoms with Crippen LogP contribution in [0.3, 0.4) is 0 Å². The van der Waals surface area contributed by atoms with Gasteiger partial charge in [-0.3, -0.25) is 0 Å². The van der Waals surface area contributed by atoms with Gasteiger partial charge in [0, 0.05) is 6.42 Å². The molecule has 4 heteroatoms. The van der Waals surface area contributed by atoms with Crippen LogP contribution in [-0.2, 0) is 15.9 Å². The molecular formula is C15H20O4. The summed E-state index contributed by atoms with van der Waals surface area (Å²) in [5, 5.41) is 18.1. The summed E-state index contributed by atoms with van der Waals surface area (Å²) >= 11 is 0. The number of hydrogen-bond acceptors (Lipinski definition) is 4. The number of hydrogen-bond donors (Lipinski definition) is 2. The third-order valence-electron chi connectivity index (χ3n) is 3.14. The quantitative estimate of drug-likeness (QED) is 0.688. The Morgan fingerprint density at radius 1 is 1.42 bits per heavy atom. The molecule has 1 saturated heterocycles. The number of rotatable bonds is 8. The van der Waals surface area contributed by atoms with Gasteiger partial charge in [-0.25, -0.2) is 0 Å². The molecule has 3 unspecified atom stereocenters. The Kier molecular flexibility index (Phi) is 5.10. The number of aliphatic hydroxyl groups excluding tert-OH is 2. The van der Waals surface area contributed by atoms with Crippen molar-refractivity contribution in [3.05, 3.63) is 42.0 Å². The fraction of sp³-hybridized carbons (Fsp3) is 0.467. The molecule has 0 bridgehead atoms. The van der Waals surface area contributed by atoms with Crippen LogP contribution in [0.1, 0.15) is 11.1 Å². The zero-order valence-corrected chi connectivity index (χ0v) is 10.9. The van der Waals surface area contributed by atoms with Crippen LogP contribution >= 0.6 is 0 Å². The normalized spacial score (nSPS) is 20.8. The minimum Gasteiger partial charge on any atom is -0.394 e. The van der Waals surface area contributed by atoms with Crippen molar-refractivity contribution < 1.29 is 19.7 Å². The van der Waals surface area contributed by atoms with E-state index in [1.165, 1.54) is 0 Å². The zero-order chi connectivity index (χ0) is 13.7. The molecule has 0 saturated carbocycles. The van der Waals surface area contributed by atoms with E-state index in [2.05, 4.69) is 6.58 Å². The van der Waals surface area contributed by atoms with Crippen LogP contribution in [0.4, 0.5) is 0 Å². The molecule has 1 aromatic carbocycles. The van der Waals surface area contributed by atoms with Gasteiger partial charge in [0.15, 0.2) is 0 Å². The molecule has 104 valence electrons. The minimum absolute atomic E-state index is 0.0734. The topological polar surface area (TPSA) is 62.2 Å². The SMILES string of the molecule is C=Cc1ccc(CC(OCC(O)CO)C2CO2)cc1. The average Bonchev–Trinajstić information content (AvgIpc) is 3.28. The van der Waals surface area contributed by atoms with Gasteiger partial charge in [0.05, 0.1) is 25.9 Å². The minimum atomic E-state index is -0.829. The lowest BCUT2D eigenvalue weighted by Crippen LogP contribution is -2.29. The van der Waals surface area contributed by atoms with Crippen molar-refractivity contribution in [3.8, 4) is 0 Å². The second-order valence-corrected chi connectivity index (χ2v) is 4.73. The van der Waals surface area contributed by atoms with Crippen molar-refractivity contribution >= 4 is 6.08 Å². The van der Waals surface area contributed by atoms with Crippen molar-refractivity contribution in [3.63, 3.8) is 0 Å². The molecule has 1 aliphatic heterocycles. The van der Waals surface area contributed by atoms with Crippen LogP contribution in [0.15, 0.2) is 30.8 Å². The maximum atomic E-state index is 9.32. The maximum absolute atomic E-state index is 9.32. The highest BCUT2D eigenvalue weighted by Gasteiger charge is 2.33. The van der Waals surface area contributed by atoms with Crippen LogP contribution in [0, 0.1) is 0 Å². The third-order valence-corrected chi connectivity index (χ3v) is 3.14. The number of ether oxygens (including phenoxy) is 2. The van der Waals surface area contributed by atoms with E-state index in [9.17, 15) is 5.11 Å². The van der Waals surface area contributed by atoms with Crippen molar-refractivity contribution in [1.29, 1.82) is 0 Å². The van der Waals surface area contributed by atoms with Gasteiger partial charge in [0.25, 0.3) is 0 Å². The fourth-order valence-corrected chi connectivity index (χ4v) is 1.88. The Balaban J connectivity index is 1.90. The molecule has 0 radical (unpaired) electrons. The molecule has 1 aliphatic rings. The molecule has 19 heavy (non-hydrogen) atoms. The largest absolute Gasteiger partial charge is 0.394 e. The predicted octanol–water partition coefficient (Wildman–Crippen LogP) is 1.01. The smallest absolute Gasteiger partial charge is 0.107 e. The highest BCUT2D eigenvalue weighted by molar-refractivity contribution is 5.47. The summed E-state index contributed by atoms with van der Waals surface area (Å²) < 4.78 is 10.9. The van der Waals surface area contributed by atoms with Gasteiger partial charge in [0.2, 0.25) is 0 Å². The van der Waals surface area contributed by atoms with Crippen LogP contribution in [-0.4, -0.2) is 48.3 Å². The standard InChI is InChI=1S/C15H20O4/c1-2-11-3-5-12(6-4-11)7-14(15-10-19-15)18-9-13(17)8-16/h2-6,13-17H,1,7-10H2. The maximum Gasteiger partial charge on any atom is 0.107 e. The molecule has 0 amide bonds. The number of aliphatic hydroxyl groups is 2. The summed E-state index contributed by atoms with van der Waals surface area (Å²) in [5.74, 6) is 0. The van der Waals surface area contributed by atoms with E-state index < -0.39 is 6.10 Å². The lowest BCUT2D eigenvalue weighted by atomic mass is 10.0. The van der Waals surface area contributed by atoms with Gasteiger partial charge >= 0.3 is 0 Å². The first-order chi connectivity index (χ1) is 9.22. The van der Waals surface area contributed by atoms with Gasteiger partial charge in [-0.2, -0.15) is 0 Å². The summed E-state index contributed by atoms with van der Waals surface area (Å²) in [4.78, 5) is 0. The van der Waals surface area contributed by atoms with Crippen LogP contribution in [0.2, 0.25) is 0 Å². The van der Waals surface area contributed by atoms with E-state index in [0.29, 0.717) is 6.61 Å². The molecule has 0 aromatic heterocycles. The Bertz CT molecular complexity index is 397. The van der Waals surface area contributed by atoms with Crippen molar-refractivity contribution in [2.75, 3.05) is 19.8 Å². The second-order valence-electron chi connectivity index (χ2n) is 4.73. The molecule has 2 N–H and O–H groups in total. The predicted molar refractivity (Wildman–Crippen MR) is 72.8 cm³/mol. The summed E-state index contributed by atoms with van der Waals surface area (Å²) in [6.07, 6.45) is 1.74. The molecule has 1 heterocycles. The molecule has 4 nitrogen and oxygen atoms in total. The van der Waals surface area contributed by atoms with Crippen LogP contribution in [0.25, 0.3) is 6.08 Å². The number of epoxide rings is 1. The fourth-order valence-electron chi connectivity index (χ4n) is 1.88. The van der Waals surface area contributed by atoms with Crippen LogP contribution in [0.5, 0.6) is 0 Å². The Hall–Kier alpha value is -1.20. The van der Waals surface area contributed by atoms with Gasteiger partial charge in [-0.1, -0.05) is 36.9 Å². The van der Waals surface area contributed by atoms with E-state index in [1.807, 2.05) is 24.3 Å². The average molecular weight is 264 g/mol. The lowest BCUT2D eigenvalue weighted by Gasteiger charge is -2.17. The molecule has 1 fully saturated rings. The number of benzene rings is 1. The monoisotopic (exact) mass is 264 g/mol. The summed E-state index contributed by atoms with van der Waals surface area (Å²) in [7, 11) is 0. The highest BCUT2D eigenvalue weighted by Crippen LogP contribution is 2.21. The van der Waals surface area contributed by atoms with E-state index in [4.69, 9.17) is 14.6 Å². The first kappa shape index (κ1) is 14.2. The zero-order valence-electron chi connectivity index (χ0n) is 10.9. The van der Waals surface area contributed by atoms with Crippen LogP contribution < -0.4 is 0 Å². The molecule has 0 spiro atoms. The second kappa shape index (κ2) is 6.82. The van der Waals surface area contributed by atoms with Crippen molar-refractivity contribution in [1.82, 2.24) is 0 Å². The first-order valence-electron chi connectivity index (χ1n) is 6.46. The molecular weight excluding hydrogens is 244 g/mol. The van der Waals surface area contributed by atoms with Crippen molar-refractivity contribution in [2.24, 2.45) is 0 Å². The van der Waals surface area contributed by atoms with E-state index in [0.717, 1.165) is 17.5 Å². The summed E-state index contributed by atoms with van der Waals surface area (Å²) in [6.45, 7) is 4.27. The van der Waals surface area contributed by atoms with E-state index >= 15 is 0 Å². The third kappa shape index (κ3) is 4.44. The summed E-state index contributed by atoms with van der Waals surface area (Å²) in [5.41, 5.74) is 2.24. The lowest BCUT2D eigenvalue weighted by molar-refractivity contribution is -0.0366. The Morgan fingerprint density at radius 3 is 2.63 bits per heavy atom. The van der Waals surface area contributed by atoms with Gasteiger partial charge in [0.1, 0.15) is 12.2 Å². The first-order valence-corrected chi connectivity index (χ1v) is 6.46. The van der Waals surface area contributed by atoms with E-state index in [1.54, 1.807) is 6.08 Å². The van der Waals surface area contributed by atoms with Crippen molar-refractivity contribution in [2.45, 2.75) is 24.7 Å². The molecule has 0 aliphatic carbocycles. The highest BCUT2D eigenvalue weighted by atomic mass is 16.6. The van der Waals surface area contributed by atoms with Gasteiger partial charge in [-0.15, -0.1) is 0 Å². The molecule has 2 rings (SSSR count). The van der Waals surface area contributed by atoms with Gasteiger partial charge < -0.3 is 19.7 Å². The molecule has 1 aromatic rings.